The lowest BCUT2D eigenvalue weighted by Gasteiger charge is -2.41. The van der Waals surface area contributed by atoms with Gasteiger partial charge >= 0.3 is 0 Å². The van der Waals surface area contributed by atoms with Crippen molar-refractivity contribution in [3.05, 3.63) is 32.9 Å². The summed E-state index contributed by atoms with van der Waals surface area (Å²) in [4.78, 5) is 28.8. The Hall–Kier alpha value is -1.89. The van der Waals surface area contributed by atoms with Gasteiger partial charge in [-0.15, -0.1) is 0 Å². The highest BCUT2D eigenvalue weighted by Gasteiger charge is 2.45. The van der Waals surface area contributed by atoms with Crippen molar-refractivity contribution in [2.75, 3.05) is 26.8 Å². The van der Waals surface area contributed by atoms with E-state index < -0.39 is 18.2 Å². The predicted molar refractivity (Wildman–Crippen MR) is 157 cm³/mol. The first kappa shape index (κ1) is 29.6. The topological polar surface area (TPSA) is 129 Å². The summed E-state index contributed by atoms with van der Waals surface area (Å²) >= 11 is 2.10. The highest BCUT2D eigenvalue weighted by molar-refractivity contribution is 14.1. The number of carbonyl (C=O) groups excluding carboxylic acids is 2. The molecule has 1 aromatic carbocycles. The van der Waals surface area contributed by atoms with E-state index in [1.54, 1.807) is 18.2 Å². The molecule has 6 atom stereocenters. The number of rotatable bonds is 12. The number of nitrogens with zero attached hydrogens (tertiary/aromatic N) is 1. The molecule has 0 spiro atoms. The molecule has 4 aliphatic carbocycles. The van der Waals surface area contributed by atoms with Crippen molar-refractivity contribution in [1.29, 1.82) is 0 Å². The SMILES string of the molecule is COc1cc(CO)cc(I)c1O[C@H]1C=C(C(=O)NCCO)C[C@@H](N(CC2CC2)C(=O)CC2CC3CCC2C3)[C@@H]1O. The molecule has 0 radical (unpaired) electrons. The van der Waals surface area contributed by atoms with Gasteiger partial charge in [0.25, 0.3) is 0 Å². The third kappa shape index (κ3) is 6.60. The highest BCUT2D eigenvalue weighted by atomic mass is 127. The number of benzene rings is 1. The molecule has 3 saturated carbocycles. The number of ether oxygens (including phenoxy) is 2. The number of methoxy groups -OCH3 is 1. The zero-order chi connectivity index (χ0) is 28.4. The average Bonchev–Trinajstić information content (AvgIpc) is 3.54. The number of hydrogen-bond donors (Lipinski definition) is 4. The zero-order valence-electron chi connectivity index (χ0n) is 23.1. The summed E-state index contributed by atoms with van der Waals surface area (Å²) in [6.07, 6.45) is 7.32. The molecule has 1 aromatic rings. The van der Waals surface area contributed by atoms with Gasteiger partial charge < -0.3 is 35.0 Å². The van der Waals surface area contributed by atoms with Crippen LogP contribution in [0.25, 0.3) is 0 Å². The van der Waals surface area contributed by atoms with Gasteiger partial charge in [-0.05, 0) is 102 Å². The summed E-state index contributed by atoms with van der Waals surface area (Å²) in [6, 6.07) is 2.85. The summed E-state index contributed by atoms with van der Waals surface area (Å²) in [5.74, 6) is 2.72. The third-order valence-corrected chi connectivity index (χ3v) is 9.94. The molecule has 2 bridgehead atoms. The molecule has 3 fully saturated rings. The van der Waals surface area contributed by atoms with Gasteiger partial charge in [0.05, 0.1) is 29.9 Å². The Morgan fingerprint density at radius 3 is 2.58 bits per heavy atom. The van der Waals surface area contributed by atoms with Gasteiger partial charge in [-0.25, -0.2) is 0 Å². The fourth-order valence-electron chi connectivity index (χ4n) is 6.86. The molecule has 3 unspecified atom stereocenters. The number of halogens is 1. The Morgan fingerprint density at radius 1 is 1.15 bits per heavy atom. The smallest absolute Gasteiger partial charge is 0.247 e. The van der Waals surface area contributed by atoms with Gasteiger partial charge in [0.15, 0.2) is 11.5 Å². The molecule has 4 N–H and O–H groups in total. The molecule has 10 heteroatoms. The molecule has 220 valence electrons. The van der Waals surface area contributed by atoms with Gasteiger partial charge in [0, 0.05) is 31.5 Å². The van der Waals surface area contributed by atoms with Crippen LogP contribution in [0.2, 0.25) is 0 Å². The van der Waals surface area contributed by atoms with Crippen LogP contribution in [-0.2, 0) is 16.2 Å². The van der Waals surface area contributed by atoms with Crippen LogP contribution >= 0.6 is 22.6 Å². The number of carbonyl (C=O) groups is 2. The van der Waals surface area contributed by atoms with Gasteiger partial charge in [-0.3, -0.25) is 9.59 Å². The Kier molecular flexibility index (Phi) is 9.59. The molecule has 0 heterocycles. The van der Waals surface area contributed by atoms with Crippen LogP contribution in [0.3, 0.4) is 0 Å². The zero-order valence-corrected chi connectivity index (χ0v) is 25.2. The molecule has 40 heavy (non-hydrogen) atoms. The molecule has 0 aliphatic heterocycles. The lowest BCUT2D eigenvalue weighted by Crippen LogP contribution is -2.56. The van der Waals surface area contributed by atoms with Crippen molar-refractivity contribution >= 4 is 34.4 Å². The minimum Gasteiger partial charge on any atom is -0.493 e. The van der Waals surface area contributed by atoms with E-state index in [1.807, 2.05) is 4.90 Å². The number of aliphatic hydroxyl groups is 3. The molecular formula is C30H41IN2O7. The van der Waals surface area contributed by atoms with Crippen LogP contribution in [0.5, 0.6) is 11.5 Å². The Morgan fingerprint density at radius 2 is 1.95 bits per heavy atom. The van der Waals surface area contributed by atoms with Gasteiger partial charge in [0.2, 0.25) is 11.8 Å². The molecule has 4 aliphatic rings. The van der Waals surface area contributed by atoms with Gasteiger partial charge in [-0.2, -0.15) is 0 Å². The molecule has 5 rings (SSSR count). The fraction of sp³-hybridized carbons (Fsp3) is 0.667. The van der Waals surface area contributed by atoms with Gasteiger partial charge in [-0.1, -0.05) is 6.42 Å². The molecule has 2 amide bonds. The summed E-state index contributed by atoms with van der Waals surface area (Å²) in [5, 5.41) is 33.3. The Bertz CT molecular complexity index is 1120. The van der Waals surface area contributed by atoms with Crippen LogP contribution in [0.15, 0.2) is 23.8 Å². The summed E-state index contributed by atoms with van der Waals surface area (Å²) in [7, 11) is 1.51. The number of hydrogen-bond acceptors (Lipinski definition) is 7. The third-order valence-electron chi connectivity index (χ3n) is 9.13. The van der Waals surface area contributed by atoms with E-state index in [2.05, 4.69) is 27.9 Å². The summed E-state index contributed by atoms with van der Waals surface area (Å²) < 4.78 is 12.6. The quantitative estimate of drug-likeness (QED) is 0.253. The second-order valence-corrected chi connectivity index (χ2v) is 13.1. The van der Waals surface area contributed by atoms with E-state index in [9.17, 15) is 24.9 Å². The van der Waals surface area contributed by atoms with Crippen LogP contribution < -0.4 is 14.8 Å². The number of nitrogens with one attached hydrogen (secondary N) is 1. The van der Waals surface area contributed by atoms with E-state index in [-0.39, 0.29) is 38.0 Å². The summed E-state index contributed by atoms with van der Waals surface area (Å²) in [5.41, 5.74) is 1.08. The minimum atomic E-state index is -1.06. The molecule has 9 nitrogen and oxygen atoms in total. The maximum atomic E-state index is 13.9. The fourth-order valence-corrected chi connectivity index (χ4v) is 7.66. The van der Waals surface area contributed by atoms with Gasteiger partial charge in [0.1, 0.15) is 12.2 Å². The first-order chi connectivity index (χ1) is 19.3. The van der Waals surface area contributed by atoms with E-state index in [1.165, 1.54) is 26.4 Å². The normalized spacial score (nSPS) is 29.2. The van der Waals surface area contributed by atoms with Crippen molar-refractivity contribution < 1.29 is 34.4 Å². The lowest BCUT2D eigenvalue weighted by molar-refractivity contribution is -0.140. The van der Waals surface area contributed by atoms with Crippen molar-refractivity contribution in [3.63, 3.8) is 0 Å². The predicted octanol–water partition coefficient (Wildman–Crippen LogP) is 2.77. The second-order valence-electron chi connectivity index (χ2n) is 11.9. The van der Waals surface area contributed by atoms with Crippen LogP contribution in [0.4, 0.5) is 0 Å². The Labute approximate surface area is 249 Å². The van der Waals surface area contributed by atoms with Crippen molar-refractivity contribution in [3.8, 4) is 11.5 Å². The maximum Gasteiger partial charge on any atom is 0.247 e. The first-order valence-corrected chi connectivity index (χ1v) is 15.6. The molecule has 0 saturated heterocycles. The van der Waals surface area contributed by atoms with Crippen LogP contribution in [0, 0.1) is 27.2 Å². The monoisotopic (exact) mass is 668 g/mol. The van der Waals surface area contributed by atoms with E-state index in [0.29, 0.717) is 56.9 Å². The minimum absolute atomic E-state index is 0.0590. The number of amides is 2. The average molecular weight is 669 g/mol. The number of aliphatic hydroxyl groups excluding tert-OH is 3. The lowest BCUT2D eigenvalue weighted by atomic mass is 9.84. The summed E-state index contributed by atoms with van der Waals surface area (Å²) in [6.45, 7) is 0.341. The van der Waals surface area contributed by atoms with Crippen LogP contribution in [0.1, 0.15) is 56.9 Å². The maximum absolute atomic E-state index is 13.9. The van der Waals surface area contributed by atoms with Crippen molar-refractivity contribution in [1.82, 2.24) is 10.2 Å². The second kappa shape index (κ2) is 13.0. The Balaban J connectivity index is 1.42. The standard InChI is InChI=1S/C30H41IN2O7/c1-39-26-11-19(16-35)10-23(31)29(26)40-25-13-22(30(38)32-6-7-34)12-24(28(25)37)33(15-17-2-3-17)27(36)14-21-9-18-4-5-20(21)8-18/h10-11,13,17-18,20-21,24-25,28,34-35,37H,2-9,12,14-16H2,1H3,(H,32,38)/t18?,20?,21?,24-,25+,28+/m1/s1. The van der Waals surface area contributed by atoms with Crippen molar-refractivity contribution in [2.24, 2.45) is 23.7 Å². The first-order valence-electron chi connectivity index (χ1n) is 14.5. The molecular weight excluding hydrogens is 627 g/mol. The number of fused-ring (bicyclic) bond motifs is 2. The van der Waals surface area contributed by atoms with Crippen LogP contribution in [-0.4, -0.2) is 77.1 Å². The van der Waals surface area contributed by atoms with E-state index >= 15 is 0 Å². The highest BCUT2D eigenvalue weighted by Crippen LogP contribution is 2.50. The van der Waals surface area contributed by atoms with E-state index in [4.69, 9.17) is 9.47 Å². The molecule has 0 aromatic heterocycles. The van der Waals surface area contributed by atoms with Crippen molar-refractivity contribution in [2.45, 2.75) is 76.2 Å². The largest absolute Gasteiger partial charge is 0.493 e. The van der Waals surface area contributed by atoms with E-state index in [0.717, 1.165) is 25.2 Å².